The maximum Gasteiger partial charge on any atom is 0.317 e. The standard InChI is InChI=1S/C14H21N3OS/c1-14(2,3)16-13(18)17(4)9-10-6-5-7-11(8-10)12(15)19/h5-8H,9H2,1-4H3,(H2,15,19)(H,16,18). The van der Waals surface area contributed by atoms with Crippen LogP contribution in [0.25, 0.3) is 0 Å². The lowest BCUT2D eigenvalue weighted by atomic mass is 10.1. The third-order valence-corrected chi connectivity index (χ3v) is 2.70. The zero-order chi connectivity index (χ0) is 14.6. The number of carbonyl (C=O) groups excluding carboxylic acids is 1. The third kappa shape index (κ3) is 5.26. The summed E-state index contributed by atoms with van der Waals surface area (Å²) < 4.78 is 0. The van der Waals surface area contributed by atoms with E-state index in [-0.39, 0.29) is 11.6 Å². The second kappa shape index (κ2) is 6.02. The highest BCUT2D eigenvalue weighted by molar-refractivity contribution is 7.80. The zero-order valence-corrected chi connectivity index (χ0v) is 12.7. The van der Waals surface area contributed by atoms with Gasteiger partial charge in [0, 0.05) is 24.7 Å². The number of amides is 2. The lowest BCUT2D eigenvalue weighted by Gasteiger charge is -2.25. The summed E-state index contributed by atoms with van der Waals surface area (Å²) in [5, 5.41) is 2.91. The molecule has 5 heteroatoms. The number of hydrogen-bond donors (Lipinski definition) is 2. The Kier molecular flexibility index (Phi) is 4.89. The van der Waals surface area contributed by atoms with E-state index in [4.69, 9.17) is 18.0 Å². The van der Waals surface area contributed by atoms with Crippen molar-refractivity contribution in [3.05, 3.63) is 35.4 Å². The van der Waals surface area contributed by atoms with E-state index in [9.17, 15) is 4.79 Å². The van der Waals surface area contributed by atoms with E-state index in [0.717, 1.165) is 11.1 Å². The molecule has 0 atom stereocenters. The molecular weight excluding hydrogens is 258 g/mol. The van der Waals surface area contributed by atoms with Gasteiger partial charge in [0.1, 0.15) is 4.99 Å². The number of hydrogen-bond acceptors (Lipinski definition) is 2. The first-order valence-electron chi connectivity index (χ1n) is 6.11. The molecule has 104 valence electrons. The number of nitrogens with zero attached hydrogens (tertiary/aromatic N) is 1. The van der Waals surface area contributed by atoms with Crippen molar-refractivity contribution < 1.29 is 4.79 Å². The number of nitrogens with two attached hydrogens (primary N) is 1. The van der Waals surface area contributed by atoms with Crippen LogP contribution in [-0.2, 0) is 6.54 Å². The number of rotatable bonds is 3. The summed E-state index contributed by atoms with van der Waals surface area (Å²) in [6, 6.07) is 7.50. The van der Waals surface area contributed by atoms with Crippen LogP contribution < -0.4 is 11.1 Å². The van der Waals surface area contributed by atoms with Crippen molar-refractivity contribution in [2.75, 3.05) is 7.05 Å². The number of thiocarbonyl (C=S) groups is 1. The summed E-state index contributed by atoms with van der Waals surface area (Å²) in [6.07, 6.45) is 0. The Hall–Kier alpha value is -1.62. The molecule has 0 aliphatic heterocycles. The summed E-state index contributed by atoms with van der Waals surface area (Å²) in [4.78, 5) is 13.9. The van der Waals surface area contributed by atoms with Crippen LogP contribution in [0.3, 0.4) is 0 Å². The Morgan fingerprint density at radius 2 is 2.05 bits per heavy atom. The molecular formula is C14H21N3OS. The summed E-state index contributed by atoms with van der Waals surface area (Å²) in [7, 11) is 1.76. The maximum absolute atomic E-state index is 11.9. The molecule has 0 heterocycles. The Morgan fingerprint density at radius 3 is 2.58 bits per heavy atom. The first kappa shape index (κ1) is 15.4. The lowest BCUT2D eigenvalue weighted by molar-refractivity contribution is 0.197. The van der Waals surface area contributed by atoms with Gasteiger partial charge in [-0.25, -0.2) is 4.79 Å². The van der Waals surface area contributed by atoms with Gasteiger partial charge in [0.2, 0.25) is 0 Å². The quantitative estimate of drug-likeness (QED) is 0.834. The normalized spacial score (nSPS) is 10.9. The van der Waals surface area contributed by atoms with Gasteiger partial charge < -0.3 is 16.0 Å². The molecule has 19 heavy (non-hydrogen) atoms. The summed E-state index contributed by atoms with van der Waals surface area (Å²) in [5.74, 6) is 0. The van der Waals surface area contributed by atoms with Gasteiger partial charge in [-0.05, 0) is 32.4 Å². The predicted octanol–water partition coefficient (Wildman–Crippen LogP) is 2.26. The van der Waals surface area contributed by atoms with Crippen molar-refractivity contribution in [2.45, 2.75) is 32.9 Å². The van der Waals surface area contributed by atoms with Gasteiger partial charge in [-0.15, -0.1) is 0 Å². The van der Waals surface area contributed by atoms with Gasteiger partial charge >= 0.3 is 6.03 Å². The van der Waals surface area contributed by atoms with E-state index < -0.39 is 0 Å². The fourth-order valence-electron chi connectivity index (χ4n) is 1.58. The van der Waals surface area contributed by atoms with Crippen LogP contribution in [0, 0.1) is 0 Å². The van der Waals surface area contributed by atoms with Crippen LogP contribution in [0.15, 0.2) is 24.3 Å². The molecule has 0 unspecified atom stereocenters. The predicted molar refractivity (Wildman–Crippen MR) is 82.1 cm³/mol. The largest absolute Gasteiger partial charge is 0.389 e. The van der Waals surface area contributed by atoms with Crippen LogP contribution in [0.2, 0.25) is 0 Å². The van der Waals surface area contributed by atoms with Gasteiger partial charge in [0.25, 0.3) is 0 Å². The van der Waals surface area contributed by atoms with E-state index in [1.54, 1.807) is 11.9 Å². The van der Waals surface area contributed by atoms with Crippen molar-refractivity contribution in [1.82, 2.24) is 10.2 Å². The van der Waals surface area contributed by atoms with Gasteiger partial charge in [-0.1, -0.05) is 30.4 Å². The monoisotopic (exact) mass is 279 g/mol. The summed E-state index contributed by atoms with van der Waals surface area (Å²) in [5.41, 5.74) is 7.16. The van der Waals surface area contributed by atoms with Gasteiger partial charge in [-0.2, -0.15) is 0 Å². The average Bonchev–Trinajstić information content (AvgIpc) is 2.27. The van der Waals surface area contributed by atoms with Gasteiger partial charge in [-0.3, -0.25) is 0 Å². The molecule has 1 rings (SSSR count). The minimum atomic E-state index is -0.244. The molecule has 1 aromatic carbocycles. The molecule has 0 saturated heterocycles. The fourth-order valence-corrected chi connectivity index (χ4v) is 1.71. The molecule has 0 bridgehead atoms. The maximum atomic E-state index is 11.9. The Morgan fingerprint density at radius 1 is 1.42 bits per heavy atom. The van der Waals surface area contributed by atoms with Crippen LogP contribution >= 0.6 is 12.2 Å². The summed E-state index contributed by atoms with van der Waals surface area (Å²) >= 11 is 4.94. The van der Waals surface area contributed by atoms with E-state index in [0.29, 0.717) is 11.5 Å². The van der Waals surface area contributed by atoms with E-state index in [1.165, 1.54) is 0 Å². The Bertz CT molecular complexity index is 480. The number of carbonyl (C=O) groups is 1. The molecule has 3 N–H and O–H groups in total. The molecule has 0 aliphatic carbocycles. The van der Waals surface area contributed by atoms with Gasteiger partial charge in [0.05, 0.1) is 0 Å². The van der Waals surface area contributed by atoms with Crippen LogP contribution in [0.4, 0.5) is 4.79 Å². The van der Waals surface area contributed by atoms with Crippen molar-refractivity contribution in [3.8, 4) is 0 Å². The second-order valence-corrected chi connectivity index (χ2v) is 6.04. The van der Waals surface area contributed by atoms with E-state index in [2.05, 4.69) is 5.32 Å². The van der Waals surface area contributed by atoms with Crippen molar-refractivity contribution in [1.29, 1.82) is 0 Å². The highest BCUT2D eigenvalue weighted by atomic mass is 32.1. The highest BCUT2D eigenvalue weighted by Crippen LogP contribution is 2.09. The van der Waals surface area contributed by atoms with Crippen molar-refractivity contribution in [2.24, 2.45) is 5.73 Å². The SMILES string of the molecule is CN(Cc1cccc(C(N)=S)c1)C(=O)NC(C)(C)C. The van der Waals surface area contributed by atoms with Crippen LogP contribution in [-0.4, -0.2) is 28.5 Å². The number of urea groups is 1. The minimum Gasteiger partial charge on any atom is -0.389 e. The Labute approximate surface area is 120 Å². The minimum absolute atomic E-state index is 0.103. The van der Waals surface area contributed by atoms with Crippen LogP contribution in [0.5, 0.6) is 0 Å². The van der Waals surface area contributed by atoms with E-state index in [1.807, 2.05) is 45.0 Å². The molecule has 0 aromatic heterocycles. The number of nitrogens with one attached hydrogen (secondary N) is 1. The molecule has 0 saturated carbocycles. The molecule has 2 amide bonds. The zero-order valence-electron chi connectivity index (χ0n) is 11.9. The molecule has 1 aromatic rings. The smallest absolute Gasteiger partial charge is 0.317 e. The molecule has 0 spiro atoms. The molecule has 0 fully saturated rings. The van der Waals surface area contributed by atoms with Gasteiger partial charge in [0.15, 0.2) is 0 Å². The highest BCUT2D eigenvalue weighted by Gasteiger charge is 2.17. The fraction of sp³-hybridized carbons (Fsp3) is 0.429. The molecule has 0 aliphatic rings. The first-order valence-corrected chi connectivity index (χ1v) is 6.52. The van der Waals surface area contributed by atoms with Crippen molar-refractivity contribution in [3.63, 3.8) is 0 Å². The molecule has 4 nitrogen and oxygen atoms in total. The lowest BCUT2D eigenvalue weighted by Crippen LogP contribution is -2.46. The average molecular weight is 279 g/mol. The Balaban J connectivity index is 2.71. The first-order chi connectivity index (χ1) is 8.69. The van der Waals surface area contributed by atoms with Crippen LogP contribution in [0.1, 0.15) is 31.9 Å². The molecule has 0 radical (unpaired) electrons. The van der Waals surface area contributed by atoms with Crippen molar-refractivity contribution >= 4 is 23.2 Å². The topological polar surface area (TPSA) is 58.4 Å². The van der Waals surface area contributed by atoms with E-state index >= 15 is 0 Å². The third-order valence-electron chi connectivity index (χ3n) is 2.46. The second-order valence-electron chi connectivity index (χ2n) is 5.60. The number of benzene rings is 1. The summed E-state index contributed by atoms with van der Waals surface area (Å²) in [6.45, 7) is 6.36.